The predicted octanol–water partition coefficient (Wildman–Crippen LogP) is 5.39. The standard InChI is InChI=1S/C18H11ClN2O/c19-13-6-8-18(21-11-13)20-10-12-5-7-17-15(9-12)14-3-1-2-4-16(14)22-17/h1-11H. The minimum atomic E-state index is 0.602. The summed E-state index contributed by atoms with van der Waals surface area (Å²) in [4.78, 5) is 8.51. The van der Waals surface area contributed by atoms with Crippen LogP contribution in [0.1, 0.15) is 5.56 Å². The van der Waals surface area contributed by atoms with E-state index in [1.807, 2.05) is 30.3 Å². The molecule has 4 heteroatoms. The van der Waals surface area contributed by atoms with Crippen molar-refractivity contribution in [3.05, 3.63) is 71.4 Å². The van der Waals surface area contributed by atoms with E-state index in [2.05, 4.69) is 22.1 Å². The summed E-state index contributed by atoms with van der Waals surface area (Å²) in [6, 6.07) is 17.6. The SMILES string of the molecule is Clc1ccc(N=Cc2ccc3oc4ccccc4c3c2)nc1. The summed E-state index contributed by atoms with van der Waals surface area (Å²) in [5.74, 6) is 0.626. The summed E-state index contributed by atoms with van der Waals surface area (Å²) in [5.41, 5.74) is 2.77. The fourth-order valence-corrected chi connectivity index (χ4v) is 2.52. The van der Waals surface area contributed by atoms with Crippen LogP contribution in [0.25, 0.3) is 21.9 Å². The van der Waals surface area contributed by atoms with Gasteiger partial charge in [0.1, 0.15) is 11.2 Å². The van der Waals surface area contributed by atoms with Crippen molar-refractivity contribution in [2.24, 2.45) is 4.99 Å². The van der Waals surface area contributed by atoms with E-state index in [0.29, 0.717) is 10.8 Å². The number of fused-ring (bicyclic) bond motifs is 3. The first-order valence-electron chi connectivity index (χ1n) is 6.86. The Morgan fingerprint density at radius 2 is 1.82 bits per heavy atom. The molecule has 2 heterocycles. The molecule has 0 bridgehead atoms. The lowest BCUT2D eigenvalue weighted by Crippen LogP contribution is -1.81. The molecule has 0 saturated carbocycles. The molecule has 2 aromatic heterocycles. The topological polar surface area (TPSA) is 38.4 Å². The molecule has 4 aromatic rings. The number of aliphatic imine (C=N–C) groups is 1. The molecule has 0 unspecified atom stereocenters. The number of aromatic nitrogens is 1. The predicted molar refractivity (Wildman–Crippen MR) is 90.2 cm³/mol. The van der Waals surface area contributed by atoms with Crippen LogP contribution < -0.4 is 0 Å². The molecule has 0 aliphatic rings. The number of hydrogen-bond acceptors (Lipinski definition) is 3. The molecule has 0 atom stereocenters. The second kappa shape index (κ2) is 5.28. The van der Waals surface area contributed by atoms with E-state index in [0.717, 1.165) is 27.5 Å². The van der Waals surface area contributed by atoms with Crippen molar-refractivity contribution in [2.45, 2.75) is 0 Å². The summed E-state index contributed by atoms with van der Waals surface area (Å²) in [7, 11) is 0. The molecule has 0 fully saturated rings. The minimum Gasteiger partial charge on any atom is -0.456 e. The molecule has 2 aromatic carbocycles. The minimum absolute atomic E-state index is 0.602. The zero-order valence-electron chi connectivity index (χ0n) is 11.5. The zero-order chi connectivity index (χ0) is 14.9. The lowest BCUT2D eigenvalue weighted by molar-refractivity contribution is 0.669. The lowest BCUT2D eigenvalue weighted by Gasteiger charge is -1.95. The molecule has 0 radical (unpaired) electrons. The molecule has 0 aliphatic carbocycles. The lowest BCUT2D eigenvalue weighted by atomic mass is 10.1. The van der Waals surface area contributed by atoms with Gasteiger partial charge < -0.3 is 4.42 Å². The Balaban J connectivity index is 1.75. The van der Waals surface area contributed by atoms with E-state index in [4.69, 9.17) is 16.0 Å². The number of rotatable bonds is 2. The van der Waals surface area contributed by atoms with Crippen molar-refractivity contribution >= 4 is 45.6 Å². The monoisotopic (exact) mass is 306 g/mol. The quantitative estimate of drug-likeness (QED) is 0.466. The first-order chi connectivity index (χ1) is 10.8. The fraction of sp³-hybridized carbons (Fsp3) is 0. The van der Waals surface area contributed by atoms with Gasteiger partial charge in [0.25, 0.3) is 0 Å². The Hall–Kier alpha value is -2.65. The van der Waals surface area contributed by atoms with Crippen molar-refractivity contribution in [1.82, 2.24) is 4.98 Å². The van der Waals surface area contributed by atoms with E-state index in [9.17, 15) is 0 Å². The Morgan fingerprint density at radius 3 is 2.68 bits per heavy atom. The van der Waals surface area contributed by atoms with E-state index in [-0.39, 0.29) is 0 Å². The van der Waals surface area contributed by atoms with Gasteiger partial charge in [0.05, 0.1) is 5.02 Å². The maximum Gasteiger partial charge on any atom is 0.151 e. The normalized spacial score (nSPS) is 11.7. The number of nitrogens with zero attached hydrogens (tertiary/aromatic N) is 2. The molecule has 22 heavy (non-hydrogen) atoms. The van der Waals surface area contributed by atoms with Gasteiger partial charge in [-0.25, -0.2) is 9.98 Å². The highest BCUT2D eigenvalue weighted by atomic mass is 35.5. The van der Waals surface area contributed by atoms with Crippen LogP contribution in [0.15, 0.2) is 70.2 Å². The van der Waals surface area contributed by atoms with E-state index < -0.39 is 0 Å². The second-order valence-electron chi connectivity index (χ2n) is 4.95. The first-order valence-corrected chi connectivity index (χ1v) is 7.24. The highest BCUT2D eigenvalue weighted by molar-refractivity contribution is 6.30. The Bertz CT molecular complexity index is 987. The molecule has 0 amide bonds. The first kappa shape index (κ1) is 13.0. The average Bonchev–Trinajstić information content (AvgIpc) is 2.92. The summed E-state index contributed by atoms with van der Waals surface area (Å²) in [6.07, 6.45) is 3.37. The maximum atomic E-state index is 5.81. The summed E-state index contributed by atoms with van der Waals surface area (Å²) in [5, 5.41) is 2.80. The van der Waals surface area contributed by atoms with Gasteiger partial charge in [-0.15, -0.1) is 0 Å². The van der Waals surface area contributed by atoms with Gasteiger partial charge in [0, 0.05) is 23.2 Å². The van der Waals surface area contributed by atoms with E-state index in [1.165, 1.54) is 0 Å². The largest absolute Gasteiger partial charge is 0.456 e. The molecule has 4 rings (SSSR count). The van der Waals surface area contributed by atoms with Gasteiger partial charge in [-0.2, -0.15) is 0 Å². The summed E-state index contributed by atoms with van der Waals surface area (Å²) < 4.78 is 5.81. The van der Waals surface area contributed by atoms with Crippen molar-refractivity contribution in [3.8, 4) is 0 Å². The fourth-order valence-electron chi connectivity index (χ4n) is 2.41. The van der Waals surface area contributed by atoms with Crippen LogP contribution in [-0.4, -0.2) is 11.2 Å². The third-order valence-electron chi connectivity index (χ3n) is 3.46. The number of para-hydroxylation sites is 1. The van der Waals surface area contributed by atoms with Crippen molar-refractivity contribution < 1.29 is 4.42 Å². The van der Waals surface area contributed by atoms with Gasteiger partial charge in [-0.05, 0) is 42.0 Å². The van der Waals surface area contributed by atoms with Gasteiger partial charge in [0.2, 0.25) is 0 Å². The van der Waals surface area contributed by atoms with E-state index in [1.54, 1.807) is 24.5 Å². The van der Waals surface area contributed by atoms with Crippen LogP contribution in [0, 0.1) is 0 Å². The van der Waals surface area contributed by atoms with Gasteiger partial charge in [0.15, 0.2) is 5.82 Å². The number of hydrogen-bond donors (Lipinski definition) is 0. The molecule has 0 spiro atoms. The maximum absolute atomic E-state index is 5.81. The number of pyridine rings is 1. The zero-order valence-corrected chi connectivity index (χ0v) is 12.3. The van der Waals surface area contributed by atoms with Gasteiger partial charge in [-0.3, -0.25) is 0 Å². The summed E-state index contributed by atoms with van der Waals surface area (Å²) >= 11 is 5.81. The number of furan rings is 1. The third kappa shape index (κ3) is 2.36. The van der Waals surface area contributed by atoms with Crippen LogP contribution in [0.2, 0.25) is 5.02 Å². The van der Waals surface area contributed by atoms with Gasteiger partial charge in [-0.1, -0.05) is 29.8 Å². The second-order valence-corrected chi connectivity index (χ2v) is 5.38. The smallest absolute Gasteiger partial charge is 0.151 e. The molecule has 106 valence electrons. The molecule has 0 saturated heterocycles. The Labute approximate surface area is 131 Å². The number of halogens is 1. The van der Waals surface area contributed by atoms with E-state index >= 15 is 0 Å². The number of benzene rings is 2. The molecule has 3 nitrogen and oxygen atoms in total. The summed E-state index contributed by atoms with van der Waals surface area (Å²) in [6.45, 7) is 0. The molecule has 0 aliphatic heterocycles. The highest BCUT2D eigenvalue weighted by Crippen LogP contribution is 2.28. The Kier molecular flexibility index (Phi) is 3.13. The molecular weight excluding hydrogens is 296 g/mol. The third-order valence-corrected chi connectivity index (χ3v) is 3.68. The van der Waals surface area contributed by atoms with Crippen LogP contribution in [0.3, 0.4) is 0 Å². The molecular formula is C18H11ClN2O. The molecule has 0 N–H and O–H groups in total. The van der Waals surface area contributed by atoms with Gasteiger partial charge >= 0.3 is 0 Å². The van der Waals surface area contributed by atoms with Crippen LogP contribution in [0.4, 0.5) is 5.82 Å². The highest BCUT2D eigenvalue weighted by Gasteiger charge is 2.05. The van der Waals surface area contributed by atoms with Crippen LogP contribution >= 0.6 is 11.6 Å². The Morgan fingerprint density at radius 1 is 0.955 bits per heavy atom. The van der Waals surface area contributed by atoms with Crippen LogP contribution in [-0.2, 0) is 0 Å². The average molecular weight is 307 g/mol. The van der Waals surface area contributed by atoms with Crippen molar-refractivity contribution in [1.29, 1.82) is 0 Å². The van der Waals surface area contributed by atoms with Crippen LogP contribution in [0.5, 0.6) is 0 Å². The van der Waals surface area contributed by atoms with Crippen molar-refractivity contribution in [3.63, 3.8) is 0 Å². The van der Waals surface area contributed by atoms with Crippen molar-refractivity contribution in [2.75, 3.05) is 0 Å².